The van der Waals surface area contributed by atoms with E-state index in [-0.39, 0.29) is 0 Å². The lowest BCUT2D eigenvalue weighted by molar-refractivity contribution is -0.0497. The van der Waals surface area contributed by atoms with Gasteiger partial charge in [0.15, 0.2) is 0 Å². The molecule has 2 heterocycles. The number of carbonyl (C=O) groups excluding carboxylic acids is 2. The SMILES string of the molecule is O=C(OC(Br)(Br)OC(=O)N1CCC1)N1CCC1. The molecular weight excluding hydrogens is 360 g/mol. The van der Waals surface area contributed by atoms with Crippen LogP contribution < -0.4 is 0 Å². The molecule has 0 saturated carbocycles. The van der Waals surface area contributed by atoms with Gasteiger partial charge in [-0.1, -0.05) is 0 Å². The predicted molar refractivity (Wildman–Crippen MR) is 65.9 cm³/mol. The number of hydrogen-bond donors (Lipinski definition) is 0. The van der Waals surface area contributed by atoms with Crippen molar-refractivity contribution in [1.29, 1.82) is 0 Å². The molecular formula is C9H12Br2N2O4. The lowest BCUT2D eigenvalue weighted by Gasteiger charge is -2.34. The second kappa shape index (κ2) is 5.01. The Bertz CT molecular complexity index is 299. The molecule has 0 bridgehead atoms. The number of rotatable bonds is 2. The van der Waals surface area contributed by atoms with E-state index in [0.717, 1.165) is 12.8 Å². The molecule has 0 aromatic heterocycles. The Labute approximate surface area is 115 Å². The van der Waals surface area contributed by atoms with Crippen molar-refractivity contribution < 1.29 is 19.1 Å². The van der Waals surface area contributed by atoms with Crippen LogP contribution >= 0.6 is 31.9 Å². The van der Waals surface area contributed by atoms with Gasteiger partial charge in [-0.15, -0.1) is 0 Å². The summed E-state index contributed by atoms with van der Waals surface area (Å²) in [6.45, 7) is 2.70. The summed E-state index contributed by atoms with van der Waals surface area (Å²) in [5.41, 5.74) is 0. The first-order valence-electron chi connectivity index (χ1n) is 5.31. The standard InChI is InChI=1S/C9H12Br2N2O4/c10-9(11,16-7(14)12-3-1-4-12)17-8(15)13-5-2-6-13/h1-6H2. The van der Waals surface area contributed by atoms with E-state index >= 15 is 0 Å². The molecule has 6 nitrogen and oxygen atoms in total. The van der Waals surface area contributed by atoms with Gasteiger partial charge in [0.25, 0.3) is 0 Å². The Morgan fingerprint density at radius 3 is 1.47 bits per heavy atom. The highest BCUT2D eigenvalue weighted by Crippen LogP contribution is 2.32. The molecule has 0 aromatic rings. The molecule has 0 radical (unpaired) electrons. The molecule has 0 aliphatic carbocycles. The molecule has 96 valence electrons. The van der Waals surface area contributed by atoms with Gasteiger partial charge in [0, 0.05) is 58.0 Å². The second-order valence-corrected chi connectivity index (χ2v) is 7.03. The van der Waals surface area contributed by atoms with Gasteiger partial charge in [0.1, 0.15) is 0 Å². The molecule has 2 aliphatic rings. The maximum atomic E-state index is 11.5. The highest BCUT2D eigenvalue weighted by Gasteiger charge is 2.37. The molecule has 2 saturated heterocycles. The Balaban J connectivity index is 1.80. The smallest absolute Gasteiger partial charge is 0.386 e. The van der Waals surface area contributed by atoms with Crippen LogP contribution in [-0.2, 0) is 9.47 Å². The number of carbonyl (C=O) groups is 2. The predicted octanol–water partition coefficient (Wildman–Crippen LogP) is 2.07. The Morgan fingerprint density at radius 2 is 1.24 bits per heavy atom. The van der Waals surface area contributed by atoms with Crippen molar-refractivity contribution in [1.82, 2.24) is 9.80 Å². The minimum Gasteiger partial charge on any atom is -0.386 e. The van der Waals surface area contributed by atoms with Crippen LogP contribution in [0.5, 0.6) is 0 Å². The summed E-state index contributed by atoms with van der Waals surface area (Å²) in [5.74, 6) is 0. The molecule has 2 amide bonds. The van der Waals surface area contributed by atoms with Crippen molar-refractivity contribution in [3.05, 3.63) is 0 Å². The van der Waals surface area contributed by atoms with Gasteiger partial charge < -0.3 is 19.3 Å². The topological polar surface area (TPSA) is 59.1 Å². The first-order valence-corrected chi connectivity index (χ1v) is 6.90. The van der Waals surface area contributed by atoms with Crippen molar-refractivity contribution in [2.75, 3.05) is 26.2 Å². The first kappa shape index (κ1) is 12.9. The van der Waals surface area contributed by atoms with Crippen LogP contribution in [0.15, 0.2) is 0 Å². The van der Waals surface area contributed by atoms with E-state index in [1.807, 2.05) is 0 Å². The summed E-state index contributed by atoms with van der Waals surface area (Å²) in [6, 6.07) is 0. The van der Waals surface area contributed by atoms with E-state index in [0.29, 0.717) is 26.2 Å². The molecule has 2 aliphatic heterocycles. The molecule has 0 spiro atoms. The number of amides is 2. The third kappa shape index (κ3) is 3.25. The molecule has 17 heavy (non-hydrogen) atoms. The number of halogens is 2. The fourth-order valence-corrected chi connectivity index (χ4v) is 1.90. The first-order chi connectivity index (χ1) is 7.98. The highest BCUT2D eigenvalue weighted by atomic mass is 79.9. The van der Waals surface area contributed by atoms with E-state index in [9.17, 15) is 9.59 Å². The molecule has 0 unspecified atom stereocenters. The lowest BCUT2D eigenvalue weighted by atomic mass is 10.2. The molecule has 0 aromatic carbocycles. The fraction of sp³-hybridized carbons (Fsp3) is 0.778. The van der Waals surface area contributed by atoms with Crippen LogP contribution in [0, 0.1) is 0 Å². The quantitative estimate of drug-likeness (QED) is 0.550. The Hall–Kier alpha value is -0.500. The number of likely N-dealkylation sites (tertiary alicyclic amines) is 2. The summed E-state index contributed by atoms with van der Waals surface area (Å²) >= 11 is 6.01. The van der Waals surface area contributed by atoms with E-state index < -0.39 is 15.8 Å². The average molecular weight is 372 g/mol. The Kier molecular flexibility index (Phi) is 3.82. The van der Waals surface area contributed by atoms with Crippen molar-refractivity contribution in [3.63, 3.8) is 0 Å². The zero-order valence-corrected chi connectivity index (χ0v) is 12.2. The highest BCUT2D eigenvalue weighted by molar-refractivity contribution is 9.25. The molecule has 0 atom stereocenters. The van der Waals surface area contributed by atoms with Crippen LogP contribution in [0.1, 0.15) is 12.8 Å². The monoisotopic (exact) mass is 370 g/mol. The van der Waals surface area contributed by atoms with Crippen LogP contribution in [0.2, 0.25) is 0 Å². The molecule has 8 heteroatoms. The summed E-state index contributed by atoms with van der Waals surface area (Å²) < 4.78 is 8.38. The van der Waals surface area contributed by atoms with Crippen molar-refractivity contribution in [2.45, 2.75) is 16.4 Å². The fourth-order valence-electron chi connectivity index (χ4n) is 1.35. The van der Waals surface area contributed by atoms with Crippen molar-refractivity contribution >= 4 is 44.0 Å². The average Bonchev–Trinajstić information content (AvgIpc) is 1.91. The maximum Gasteiger partial charge on any atom is 0.414 e. The van der Waals surface area contributed by atoms with Crippen LogP contribution in [0.4, 0.5) is 9.59 Å². The zero-order chi connectivity index (χ0) is 12.5. The zero-order valence-electron chi connectivity index (χ0n) is 9.03. The van der Waals surface area contributed by atoms with Crippen LogP contribution in [0.3, 0.4) is 0 Å². The molecule has 0 N–H and O–H groups in total. The van der Waals surface area contributed by atoms with Crippen molar-refractivity contribution in [3.8, 4) is 0 Å². The summed E-state index contributed by atoms with van der Waals surface area (Å²) in [5, 5.41) is 0. The number of alkyl halides is 2. The van der Waals surface area contributed by atoms with Gasteiger partial charge in [-0.3, -0.25) is 0 Å². The third-order valence-electron chi connectivity index (χ3n) is 2.64. The summed E-state index contributed by atoms with van der Waals surface area (Å²) in [7, 11) is 0. The van der Waals surface area contributed by atoms with E-state index in [1.165, 1.54) is 9.80 Å². The summed E-state index contributed by atoms with van der Waals surface area (Å²) in [4.78, 5) is 26.1. The second-order valence-electron chi connectivity index (χ2n) is 3.88. The maximum absolute atomic E-state index is 11.5. The normalized spacial score (nSPS) is 19.2. The van der Waals surface area contributed by atoms with Gasteiger partial charge in [-0.25, -0.2) is 9.59 Å². The number of hydrogen-bond acceptors (Lipinski definition) is 4. The lowest BCUT2D eigenvalue weighted by Crippen LogP contribution is -2.47. The molecule has 2 fully saturated rings. The van der Waals surface area contributed by atoms with Gasteiger partial charge >= 0.3 is 15.8 Å². The third-order valence-corrected chi connectivity index (χ3v) is 3.29. The minimum absolute atomic E-state index is 0.513. The number of nitrogens with zero attached hydrogens (tertiary/aromatic N) is 2. The van der Waals surface area contributed by atoms with E-state index in [2.05, 4.69) is 31.9 Å². The largest absolute Gasteiger partial charge is 0.414 e. The van der Waals surface area contributed by atoms with Gasteiger partial charge in [-0.2, -0.15) is 0 Å². The number of ether oxygens (including phenoxy) is 2. The van der Waals surface area contributed by atoms with Crippen LogP contribution in [0.25, 0.3) is 0 Å². The van der Waals surface area contributed by atoms with Crippen molar-refractivity contribution in [2.24, 2.45) is 0 Å². The molecule has 2 rings (SSSR count). The van der Waals surface area contributed by atoms with E-state index in [4.69, 9.17) is 9.47 Å². The van der Waals surface area contributed by atoms with Gasteiger partial charge in [0.05, 0.1) is 0 Å². The Morgan fingerprint density at radius 1 is 0.882 bits per heavy atom. The van der Waals surface area contributed by atoms with Gasteiger partial charge in [0.2, 0.25) is 0 Å². The summed E-state index contributed by atoms with van der Waals surface area (Å²) in [6.07, 6.45) is 0.920. The van der Waals surface area contributed by atoms with Crippen LogP contribution in [-0.4, -0.2) is 51.8 Å². The van der Waals surface area contributed by atoms with Gasteiger partial charge in [-0.05, 0) is 12.8 Å². The van der Waals surface area contributed by atoms with E-state index in [1.54, 1.807) is 0 Å². The minimum atomic E-state index is -1.58.